The van der Waals surface area contributed by atoms with Gasteiger partial charge in [-0.3, -0.25) is 4.79 Å². The van der Waals surface area contributed by atoms with Gasteiger partial charge in [0.25, 0.3) is 0 Å². The third kappa shape index (κ3) is 3.80. The van der Waals surface area contributed by atoms with Crippen molar-refractivity contribution in [1.29, 1.82) is 0 Å². The van der Waals surface area contributed by atoms with Crippen molar-refractivity contribution in [1.82, 2.24) is 14.8 Å². The topological polar surface area (TPSA) is 92.3 Å². The van der Waals surface area contributed by atoms with Crippen LogP contribution >= 0.6 is 0 Å². The lowest BCUT2D eigenvalue weighted by molar-refractivity contribution is -0.122. The number of methoxy groups -OCH3 is 1. The zero-order valence-electron chi connectivity index (χ0n) is 13.8. The van der Waals surface area contributed by atoms with Crippen LogP contribution in [0.3, 0.4) is 0 Å². The lowest BCUT2D eigenvalue weighted by Crippen LogP contribution is -2.18. The molecule has 1 aliphatic carbocycles. The highest BCUT2D eigenvalue weighted by molar-refractivity contribution is 5.74. The van der Waals surface area contributed by atoms with E-state index in [1.165, 1.54) is 17.5 Å². The van der Waals surface area contributed by atoms with Crippen LogP contribution in [0.2, 0.25) is 0 Å². The van der Waals surface area contributed by atoms with E-state index < -0.39 is 5.91 Å². The second-order valence-electron chi connectivity index (χ2n) is 5.86. The van der Waals surface area contributed by atoms with Crippen molar-refractivity contribution in [3.8, 4) is 5.69 Å². The van der Waals surface area contributed by atoms with Gasteiger partial charge in [-0.25, -0.2) is 9.67 Å². The summed E-state index contributed by atoms with van der Waals surface area (Å²) in [7, 11) is 1.65. The summed E-state index contributed by atoms with van der Waals surface area (Å²) in [6.45, 7) is 0.597. The van der Waals surface area contributed by atoms with Crippen LogP contribution in [0.5, 0.6) is 0 Å². The monoisotopic (exact) mass is 330 g/mol. The highest BCUT2D eigenvalue weighted by Crippen LogP contribution is 2.24. The second kappa shape index (κ2) is 7.55. The molecule has 7 heteroatoms. The number of hydrogen-bond acceptors (Lipinski definition) is 5. The van der Waals surface area contributed by atoms with Gasteiger partial charge in [-0.2, -0.15) is 5.10 Å². The molecule has 128 valence electrons. The number of amides is 1. The van der Waals surface area contributed by atoms with Crippen LogP contribution in [-0.4, -0.2) is 41.0 Å². The number of aryl methyl sites for hydroxylation is 2. The second-order valence-corrected chi connectivity index (χ2v) is 5.86. The predicted octanol–water partition coefficient (Wildman–Crippen LogP) is 0.947. The lowest BCUT2D eigenvalue weighted by atomic mass is 10.1. The molecule has 0 bridgehead atoms. The summed E-state index contributed by atoms with van der Waals surface area (Å²) >= 11 is 0. The Morgan fingerprint density at radius 1 is 1.33 bits per heavy atom. The summed E-state index contributed by atoms with van der Waals surface area (Å²) in [6, 6.07) is 6.37. The maximum absolute atomic E-state index is 10.9. The number of fused-ring (bicyclic) bond motifs is 1. The standard InChI is InChI=1S/C17H22N4O3/c1-23-8-7-16-19-17(11-24-10-15(18)22)21(20-16)14-6-5-12-3-2-4-13(12)9-14/h5-6,9H,2-4,7-8,10-11H2,1H3,(H2,18,22). The minimum absolute atomic E-state index is 0.134. The fourth-order valence-corrected chi connectivity index (χ4v) is 2.92. The number of carbonyl (C=O) groups is 1. The Morgan fingerprint density at radius 2 is 2.17 bits per heavy atom. The summed E-state index contributed by atoms with van der Waals surface area (Å²) in [5.41, 5.74) is 8.85. The highest BCUT2D eigenvalue weighted by atomic mass is 16.5. The van der Waals surface area contributed by atoms with Crippen molar-refractivity contribution in [3.63, 3.8) is 0 Å². The third-order valence-corrected chi connectivity index (χ3v) is 4.05. The Kier molecular flexibility index (Phi) is 5.22. The van der Waals surface area contributed by atoms with Crippen LogP contribution in [0.15, 0.2) is 18.2 Å². The Bertz CT molecular complexity index is 727. The van der Waals surface area contributed by atoms with Gasteiger partial charge in [0.15, 0.2) is 11.6 Å². The molecule has 2 N–H and O–H groups in total. The van der Waals surface area contributed by atoms with Gasteiger partial charge in [-0.15, -0.1) is 0 Å². The molecule has 0 unspecified atom stereocenters. The molecular formula is C17H22N4O3. The summed E-state index contributed by atoms with van der Waals surface area (Å²) in [6.07, 6.45) is 4.06. The number of nitrogens with zero attached hydrogens (tertiary/aromatic N) is 3. The number of carbonyl (C=O) groups excluding carboxylic acids is 1. The fraction of sp³-hybridized carbons (Fsp3) is 0.471. The third-order valence-electron chi connectivity index (χ3n) is 4.05. The van der Waals surface area contributed by atoms with E-state index in [0.717, 1.165) is 18.5 Å². The minimum Gasteiger partial charge on any atom is -0.384 e. The zero-order valence-corrected chi connectivity index (χ0v) is 13.8. The molecule has 0 saturated heterocycles. The fourth-order valence-electron chi connectivity index (χ4n) is 2.92. The van der Waals surface area contributed by atoms with Gasteiger partial charge in [-0.1, -0.05) is 6.07 Å². The van der Waals surface area contributed by atoms with E-state index in [2.05, 4.69) is 28.3 Å². The molecule has 2 aromatic rings. The van der Waals surface area contributed by atoms with Gasteiger partial charge in [-0.05, 0) is 42.5 Å². The Balaban J connectivity index is 1.86. The van der Waals surface area contributed by atoms with Crippen molar-refractivity contribution < 1.29 is 14.3 Å². The molecular weight excluding hydrogens is 308 g/mol. The summed E-state index contributed by atoms with van der Waals surface area (Å²) in [4.78, 5) is 15.4. The molecule has 1 heterocycles. The average molecular weight is 330 g/mol. The number of rotatable bonds is 8. The van der Waals surface area contributed by atoms with Gasteiger partial charge in [0.2, 0.25) is 5.91 Å². The van der Waals surface area contributed by atoms with E-state index in [-0.39, 0.29) is 13.2 Å². The molecule has 0 aliphatic heterocycles. The number of primary amides is 1. The lowest BCUT2D eigenvalue weighted by Gasteiger charge is -2.08. The summed E-state index contributed by atoms with van der Waals surface area (Å²) < 4.78 is 12.2. The average Bonchev–Trinajstić information content (AvgIpc) is 3.18. The molecule has 0 saturated carbocycles. The highest BCUT2D eigenvalue weighted by Gasteiger charge is 2.16. The first kappa shape index (κ1) is 16.6. The van der Waals surface area contributed by atoms with E-state index in [9.17, 15) is 4.79 Å². The Hall–Kier alpha value is -2.25. The van der Waals surface area contributed by atoms with Gasteiger partial charge >= 0.3 is 0 Å². The maximum Gasteiger partial charge on any atom is 0.243 e. The van der Waals surface area contributed by atoms with E-state index in [1.54, 1.807) is 11.8 Å². The van der Waals surface area contributed by atoms with Crippen molar-refractivity contribution in [2.45, 2.75) is 32.3 Å². The van der Waals surface area contributed by atoms with Crippen molar-refractivity contribution in [3.05, 3.63) is 41.0 Å². The molecule has 1 aliphatic rings. The first-order valence-electron chi connectivity index (χ1n) is 8.09. The SMILES string of the molecule is COCCc1nc(COCC(N)=O)n(-c2ccc3c(c2)CCC3)n1. The number of aromatic nitrogens is 3. The number of hydrogen-bond donors (Lipinski definition) is 1. The molecule has 3 rings (SSSR count). The van der Waals surface area contributed by atoms with Crippen molar-refractivity contribution in [2.24, 2.45) is 5.73 Å². The van der Waals surface area contributed by atoms with E-state index in [1.807, 2.05) is 0 Å². The largest absolute Gasteiger partial charge is 0.384 e. The number of nitrogens with two attached hydrogens (primary N) is 1. The number of benzene rings is 1. The Morgan fingerprint density at radius 3 is 2.96 bits per heavy atom. The van der Waals surface area contributed by atoms with Crippen molar-refractivity contribution >= 4 is 5.91 Å². The quantitative estimate of drug-likeness (QED) is 0.778. The molecule has 1 amide bonds. The van der Waals surface area contributed by atoms with Crippen LogP contribution in [0.25, 0.3) is 5.69 Å². The molecule has 1 aromatic heterocycles. The van der Waals surface area contributed by atoms with Crippen LogP contribution in [0.4, 0.5) is 0 Å². The molecule has 24 heavy (non-hydrogen) atoms. The van der Waals surface area contributed by atoms with Crippen LogP contribution in [-0.2, 0) is 40.1 Å². The smallest absolute Gasteiger partial charge is 0.243 e. The maximum atomic E-state index is 10.9. The summed E-state index contributed by atoms with van der Waals surface area (Å²) in [5, 5.41) is 4.57. The van der Waals surface area contributed by atoms with Gasteiger partial charge in [0.05, 0.1) is 12.3 Å². The van der Waals surface area contributed by atoms with Gasteiger partial charge in [0.1, 0.15) is 13.2 Å². The van der Waals surface area contributed by atoms with Crippen LogP contribution in [0.1, 0.15) is 29.2 Å². The summed E-state index contributed by atoms with van der Waals surface area (Å²) in [5.74, 6) is 0.841. The van der Waals surface area contributed by atoms with Crippen molar-refractivity contribution in [2.75, 3.05) is 20.3 Å². The molecule has 0 radical (unpaired) electrons. The molecule has 0 fully saturated rings. The molecule has 0 atom stereocenters. The Labute approximate surface area is 140 Å². The molecule has 0 spiro atoms. The van der Waals surface area contributed by atoms with Gasteiger partial charge < -0.3 is 15.2 Å². The zero-order chi connectivity index (χ0) is 16.9. The van der Waals surface area contributed by atoms with E-state index in [4.69, 9.17) is 15.2 Å². The normalized spacial score (nSPS) is 13.2. The molecule has 7 nitrogen and oxygen atoms in total. The predicted molar refractivity (Wildman–Crippen MR) is 87.8 cm³/mol. The van der Waals surface area contributed by atoms with Crippen LogP contribution < -0.4 is 5.73 Å². The van der Waals surface area contributed by atoms with Gasteiger partial charge in [0, 0.05) is 13.5 Å². The minimum atomic E-state index is -0.502. The first-order chi connectivity index (χ1) is 11.7. The van der Waals surface area contributed by atoms with Crippen LogP contribution in [0, 0.1) is 0 Å². The van der Waals surface area contributed by atoms with E-state index >= 15 is 0 Å². The molecule has 1 aromatic carbocycles. The number of ether oxygens (including phenoxy) is 2. The van der Waals surface area contributed by atoms with E-state index in [0.29, 0.717) is 24.7 Å². The first-order valence-corrected chi connectivity index (χ1v) is 8.09.